The van der Waals surface area contributed by atoms with Gasteiger partial charge in [-0.1, -0.05) is 25.1 Å². The van der Waals surface area contributed by atoms with E-state index < -0.39 is 22.2 Å². The van der Waals surface area contributed by atoms with Crippen molar-refractivity contribution in [3.8, 4) is 11.5 Å². The van der Waals surface area contributed by atoms with Crippen molar-refractivity contribution in [2.24, 2.45) is 0 Å². The van der Waals surface area contributed by atoms with Gasteiger partial charge in [-0.3, -0.25) is 9.10 Å². The highest BCUT2D eigenvalue weighted by atomic mass is 32.2. The highest BCUT2D eigenvalue weighted by Gasteiger charge is 2.23. The van der Waals surface area contributed by atoms with Crippen molar-refractivity contribution in [2.45, 2.75) is 25.8 Å². The van der Waals surface area contributed by atoms with E-state index in [1.54, 1.807) is 31.2 Å². The van der Waals surface area contributed by atoms with Crippen molar-refractivity contribution in [1.82, 2.24) is 4.72 Å². The molecule has 8 heteroatoms. The topological polar surface area (TPSA) is 95.9 Å². The Morgan fingerprint density at radius 2 is 1.69 bits per heavy atom. The molecule has 7 nitrogen and oxygen atoms in total. The first-order chi connectivity index (χ1) is 12.3. The van der Waals surface area contributed by atoms with Crippen molar-refractivity contribution in [1.29, 1.82) is 0 Å². The molecule has 0 amide bonds. The standard InChI is InChI=1S/C18H22N2O5S/c1-3-14(13-18(21)22)19-26(23,24)20(2)15-9-11-17(12-10-15)25-16-7-5-4-6-8-16/h4-12,14,19H,3,13H2,1-2H3,(H,21,22)/t14-/m0/s1. The maximum atomic E-state index is 12.4. The summed E-state index contributed by atoms with van der Waals surface area (Å²) in [7, 11) is -2.46. The Hall–Kier alpha value is -2.58. The molecule has 2 aromatic carbocycles. The highest BCUT2D eigenvalue weighted by Crippen LogP contribution is 2.24. The summed E-state index contributed by atoms with van der Waals surface area (Å²) in [5.74, 6) is 0.211. The Labute approximate surface area is 153 Å². The predicted molar refractivity (Wildman–Crippen MR) is 99.7 cm³/mol. The second-order valence-electron chi connectivity index (χ2n) is 5.70. The maximum Gasteiger partial charge on any atom is 0.304 e. The van der Waals surface area contributed by atoms with Gasteiger partial charge in [-0.15, -0.1) is 0 Å². The van der Waals surface area contributed by atoms with Crippen molar-refractivity contribution in [3.05, 3.63) is 54.6 Å². The van der Waals surface area contributed by atoms with Crippen LogP contribution in [0.2, 0.25) is 0 Å². The molecular formula is C18H22N2O5S. The Balaban J connectivity index is 2.08. The van der Waals surface area contributed by atoms with E-state index in [1.165, 1.54) is 7.05 Å². The first kappa shape index (κ1) is 19.7. The lowest BCUT2D eigenvalue weighted by molar-refractivity contribution is -0.137. The number of benzene rings is 2. The summed E-state index contributed by atoms with van der Waals surface area (Å²) in [6.07, 6.45) is 0.108. The lowest BCUT2D eigenvalue weighted by Gasteiger charge is -2.23. The molecule has 0 unspecified atom stereocenters. The summed E-state index contributed by atoms with van der Waals surface area (Å²) in [5, 5.41) is 8.86. The van der Waals surface area contributed by atoms with Crippen LogP contribution in [0.4, 0.5) is 5.69 Å². The number of nitrogens with one attached hydrogen (secondary N) is 1. The number of carboxylic acids is 1. The summed E-state index contributed by atoms with van der Waals surface area (Å²) >= 11 is 0. The van der Waals surface area contributed by atoms with Crippen molar-refractivity contribution < 1.29 is 23.1 Å². The molecule has 0 fully saturated rings. The zero-order valence-corrected chi connectivity index (χ0v) is 15.4. The second kappa shape index (κ2) is 8.68. The van der Waals surface area contributed by atoms with Gasteiger partial charge in [0.25, 0.3) is 0 Å². The SMILES string of the molecule is CC[C@@H](CC(=O)O)NS(=O)(=O)N(C)c1ccc(Oc2ccccc2)cc1. The third-order valence-electron chi connectivity index (χ3n) is 3.77. The number of anilines is 1. The lowest BCUT2D eigenvalue weighted by Crippen LogP contribution is -2.44. The van der Waals surface area contributed by atoms with Crippen LogP contribution in [0.1, 0.15) is 19.8 Å². The molecular weight excluding hydrogens is 356 g/mol. The van der Waals surface area contributed by atoms with Gasteiger partial charge in [-0.2, -0.15) is 13.1 Å². The zero-order valence-electron chi connectivity index (χ0n) is 14.6. The van der Waals surface area contributed by atoms with E-state index >= 15 is 0 Å². The fourth-order valence-corrected chi connectivity index (χ4v) is 3.49. The van der Waals surface area contributed by atoms with Gasteiger partial charge >= 0.3 is 16.2 Å². The largest absolute Gasteiger partial charge is 0.481 e. The number of nitrogens with zero attached hydrogens (tertiary/aromatic N) is 1. The monoisotopic (exact) mass is 378 g/mol. The van der Waals surface area contributed by atoms with Crippen LogP contribution in [-0.4, -0.2) is 32.6 Å². The van der Waals surface area contributed by atoms with Crippen LogP contribution in [0.15, 0.2) is 54.6 Å². The fourth-order valence-electron chi connectivity index (χ4n) is 2.26. The van der Waals surface area contributed by atoms with Gasteiger partial charge in [0, 0.05) is 13.1 Å². The van der Waals surface area contributed by atoms with Crippen LogP contribution in [0, 0.1) is 0 Å². The molecule has 0 heterocycles. The fraction of sp³-hybridized carbons (Fsp3) is 0.278. The number of hydrogen-bond donors (Lipinski definition) is 2. The third-order valence-corrected chi connectivity index (χ3v) is 5.33. The van der Waals surface area contributed by atoms with Crippen LogP contribution in [-0.2, 0) is 15.0 Å². The lowest BCUT2D eigenvalue weighted by atomic mass is 10.2. The summed E-state index contributed by atoms with van der Waals surface area (Å²) in [5.41, 5.74) is 0.433. The maximum absolute atomic E-state index is 12.4. The molecule has 2 N–H and O–H groups in total. The van der Waals surface area contributed by atoms with Crippen LogP contribution in [0.25, 0.3) is 0 Å². The first-order valence-corrected chi connectivity index (χ1v) is 9.56. The van der Waals surface area contributed by atoms with Crippen molar-refractivity contribution >= 4 is 21.9 Å². The summed E-state index contributed by atoms with van der Waals surface area (Å²) in [6, 6.07) is 15.2. The summed E-state index contributed by atoms with van der Waals surface area (Å²) < 4.78 is 34.1. The van der Waals surface area contributed by atoms with E-state index in [0.29, 0.717) is 23.6 Å². The van der Waals surface area contributed by atoms with Crippen LogP contribution >= 0.6 is 0 Å². The minimum Gasteiger partial charge on any atom is -0.481 e. The molecule has 1 atom stereocenters. The Kier molecular flexibility index (Phi) is 6.59. The smallest absolute Gasteiger partial charge is 0.304 e. The van der Waals surface area contributed by atoms with E-state index in [1.807, 2.05) is 30.3 Å². The molecule has 26 heavy (non-hydrogen) atoms. The molecule has 2 aromatic rings. The van der Waals surface area contributed by atoms with Gasteiger partial charge in [0.05, 0.1) is 12.1 Å². The van der Waals surface area contributed by atoms with Crippen molar-refractivity contribution in [2.75, 3.05) is 11.4 Å². The van der Waals surface area contributed by atoms with Gasteiger partial charge in [0.2, 0.25) is 0 Å². The summed E-state index contributed by atoms with van der Waals surface area (Å²) in [6.45, 7) is 1.73. The minimum atomic E-state index is -3.86. The molecule has 2 rings (SSSR count). The molecule has 0 radical (unpaired) electrons. The van der Waals surface area contributed by atoms with Gasteiger partial charge < -0.3 is 9.84 Å². The molecule has 0 saturated heterocycles. The quantitative estimate of drug-likeness (QED) is 0.699. The Morgan fingerprint density at radius 3 is 2.23 bits per heavy atom. The Morgan fingerprint density at radius 1 is 1.12 bits per heavy atom. The van der Waals surface area contributed by atoms with Crippen molar-refractivity contribution in [3.63, 3.8) is 0 Å². The predicted octanol–water partition coefficient (Wildman–Crippen LogP) is 3.00. The number of carboxylic acid groups (broad SMARTS) is 1. The van der Waals surface area contributed by atoms with E-state index in [-0.39, 0.29) is 6.42 Å². The normalized spacial score (nSPS) is 12.4. The van der Waals surface area contributed by atoms with E-state index in [0.717, 1.165) is 4.31 Å². The van der Waals surface area contributed by atoms with E-state index in [9.17, 15) is 13.2 Å². The third kappa shape index (κ3) is 5.47. The van der Waals surface area contributed by atoms with Gasteiger partial charge in [-0.05, 0) is 42.8 Å². The minimum absolute atomic E-state index is 0.270. The van der Waals surface area contributed by atoms with Crippen LogP contribution in [0.3, 0.4) is 0 Å². The average Bonchev–Trinajstić information content (AvgIpc) is 2.61. The molecule has 0 aliphatic heterocycles. The van der Waals surface area contributed by atoms with Crippen LogP contribution in [0.5, 0.6) is 11.5 Å². The number of hydrogen-bond acceptors (Lipinski definition) is 4. The number of para-hydroxylation sites is 1. The molecule has 0 spiro atoms. The van der Waals surface area contributed by atoms with E-state index in [2.05, 4.69) is 4.72 Å². The number of carbonyl (C=O) groups is 1. The van der Waals surface area contributed by atoms with Gasteiger partial charge in [0.1, 0.15) is 11.5 Å². The highest BCUT2D eigenvalue weighted by molar-refractivity contribution is 7.90. The summed E-state index contributed by atoms with van der Waals surface area (Å²) in [4.78, 5) is 10.8. The van der Waals surface area contributed by atoms with Gasteiger partial charge in [-0.25, -0.2) is 0 Å². The first-order valence-electron chi connectivity index (χ1n) is 8.12. The molecule has 0 aromatic heterocycles. The number of ether oxygens (including phenoxy) is 1. The van der Waals surface area contributed by atoms with Gasteiger partial charge in [0.15, 0.2) is 0 Å². The second-order valence-corrected chi connectivity index (χ2v) is 7.44. The Bertz CT molecular complexity index is 822. The van der Waals surface area contributed by atoms with E-state index in [4.69, 9.17) is 9.84 Å². The number of aliphatic carboxylic acids is 1. The number of rotatable bonds is 9. The zero-order chi connectivity index (χ0) is 19.2. The molecule has 0 aliphatic rings. The molecule has 140 valence electrons. The molecule has 0 bridgehead atoms. The van der Waals surface area contributed by atoms with Crippen LogP contribution < -0.4 is 13.8 Å². The average molecular weight is 378 g/mol. The molecule has 0 aliphatic carbocycles. The molecule has 0 saturated carbocycles.